The van der Waals surface area contributed by atoms with Gasteiger partial charge in [-0.25, -0.2) is 0 Å². The lowest BCUT2D eigenvalue weighted by atomic mass is 9.96. The Balaban J connectivity index is 3.68. The average molecular weight is 286 g/mol. The third kappa shape index (κ3) is 9.61. The summed E-state index contributed by atoms with van der Waals surface area (Å²) >= 11 is 0. The second-order valence-corrected chi connectivity index (χ2v) is 5.48. The molecule has 0 heterocycles. The van der Waals surface area contributed by atoms with E-state index in [-0.39, 0.29) is 11.3 Å². The Morgan fingerprint density at radius 2 is 1.70 bits per heavy atom. The van der Waals surface area contributed by atoms with Crippen molar-refractivity contribution in [1.29, 1.82) is 0 Å². The summed E-state index contributed by atoms with van der Waals surface area (Å²) in [6, 6.07) is 0. The quantitative estimate of drug-likeness (QED) is 0.349. The van der Waals surface area contributed by atoms with Crippen LogP contribution in [0.3, 0.4) is 0 Å². The Morgan fingerprint density at radius 3 is 2.25 bits per heavy atom. The summed E-state index contributed by atoms with van der Waals surface area (Å²) in [4.78, 5) is 15.8. The van der Waals surface area contributed by atoms with Crippen LogP contribution in [0.25, 0.3) is 0 Å². The summed E-state index contributed by atoms with van der Waals surface area (Å²) < 4.78 is 5.26. The summed E-state index contributed by atoms with van der Waals surface area (Å²) in [5.41, 5.74) is -0.348. The van der Waals surface area contributed by atoms with Crippen molar-refractivity contribution in [2.75, 3.05) is 39.9 Å². The van der Waals surface area contributed by atoms with Crippen LogP contribution in [0.4, 0.5) is 0 Å². The predicted molar refractivity (Wildman–Crippen MR) is 82.9 cm³/mol. The van der Waals surface area contributed by atoms with Gasteiger partial charge in [0, 0.05) is 45.3 Å². The number of rotatable bonds is 8. The van der Waals surface area contributed by atoms with E-state index in [4.69, 9.17) is 4.74 Å². The van der Waals surface area contributed by atoms with Crippen LogP contribution in [-0.2, 0) is 9.53 Å². The van der Waals surface area contributed by atoms with E-state index in [1.54, 1.807) is 7.05 Å². The van der Waals surface area contributed by atoms with E-state index in [1.165, 1.54) is 0 Å². The lowest BCUT2D eigenvalue weighted by Gasteiger charge is -2.18. The monoisotopic (exact) mass is 286 g/mol. The lowest BCUT2D eigenvalue weighted by Crippen LogP contribution is -2.43. The number of nitrogens with one attached hydrogen (secondary N) is 3. The highest BCUT2D eigenvalue weighted by Gasteiger charge is 2.20. The molecule has 6 nitrogen and oxygen atoms in total. The molecule has 118 valence electrons. The first-order valence-electron chi connectivity index (χ1n) is 7.22. The first kappa shape index (κ1) is 18.7. The molecule has 0 saturated heterocycles. The molecule has 0 unspecified atom stereocenters. The van der Waals surface area contributed by atoms with Crippen molar-refractivity contribution in [2.45, 2.75) is 34.1 Å². The molecule has 0 saturated carbocycles. The lowest BCUT2D eigenvalue weighted by molar-refractivity contribution is -0.128. The normalized spacial score (nSPS) is 12.2. The maximum absolute atomic E-state index is 11.7. The first-order chi connectivity index (χ1) is 9.41. The minimum Gasteiger partial charge on any atom is -0.382 e. The van der Waals surface area contributed by atoms with Gasteiger partial charge >= 0.3 is 0 Å². The Bertz CT molecular complexity index is 298. The van der Waals surface area contributed by atoms with Gasteiger partial charge in [0.1, 0.15) is 0 Å². The molecule has 3 N–H and O–H groups in total. The van der Waals surface area contributed by atoms with E-state index in [9.17, 15) is 4.79 Å². The third-order valence-electron chi connectivity index (χ3n) is 2.57. The van der Waals surface area contributed by atoms with E-state index in [1.807, 2.05) is 27.7 Å². The first-order valence-corrected chi connectivity index (χ1v) is 7.22. The average Bonchev–Trinajstić information content (AvgIpc) is 2.39. The molecule has 0 aromatic rings. The standard InChI is InChI=1S/C14H30N4O2/c1-6-20-11-7-8-17-13(15-5)18-10-9-16-12(19)14(2,3)4/h6-11H2,1-5H3,(H,16,19)(H2,15,17,18). The molecule has 0 bridgehead atoms. The van der Waals surface area contributed by atoms with Crippen molar-refractivity contribution in [3.05, 3.63) is 0 Å². The number of ether oxygens (including phenoxy) is 1. The maximum Gasteiger partial charge on any atom is 0.225 e. The molecule has 0 spiro atoms. The fourth-order valence-corrected chi connectivity index (χ4v) is 1.37. The number of amides is 1. The van der Waals surface area contributed by atoms with Crippen LogP contribution < -0.4 is 16.0 Å². The number of aliphatic imine (C=N–C) groups is 1. The molecule has 0 atom stereocenters. The largest absolute Gasteiger partial charge is 0.382 e. The minimum atomic E-state index is -0.348. The molecule has 0 aromatic carbocycles. The highest BCUT2D eigenvalue weighted by molar-refractivity contribution is 5.81. The number of guanidine groups is 1. The Hall–Kier alpha value is -1.30. The van der Waals surface area contributed by atoms with Crippen LogP contribution in [0.15, 0.2) is 4.99 Å². The Morgan fingerprint density at radius 1 is 1.10 bits per heavy atom. The van der Waals surface area contributed by atoms with Gasteiger partial charge in [0.25, 0.3) is 0 Å². The fraction of sp³-hybridized carbons (Fsp3) is 0.857. The predicted octanol–water partition coefficient (Wildman–Crippen LogP) is 0.740. The molecule has 0 aliphatic heterocycles. The molecule has 0 aliphatic carbocycles. The highest BCUT2D eigenvalue weighted by Crippen LogP contribution is 2.11. The van der Waals surface area contributed by atoms with Gasteiger partial charge in [0.2, 0.25) is 5.91 Å². The molecule has 0 aliphatic rings. The fourth-order valence-electron chi connectivity index (χ4n) is 1.37. The van der Waals surface area contributed by atoms with Gasteiger partial charge in [-0.3, -0.25) is 9.79 Å². The van der Waals surface area contributed by atoms with Gasteiger partial charge < -0.3 is 20.7 Å². The van der Waals surface area contributed by atoms with Crippen molar-refractivity contribution in [1.82, 2.24) is 16.0 Å². The summed E-state index contributed by atoms with van der Waals surface area (Å²) in [6.07, 6.45) is 0.940. The van der Waals surface area contributed by atoms with Gasteiger partial charge in [0.05, 0.1) is 0 Å². The Kier molecular flexibility index (Phi) is 9.80. The zero-order valence-corrected chi connectivity index (χ0v) is 13.5. The second kappa shape index (κ2) is 10.5. The molecule has 0 fully saturated rings. The topological polar surface area (TPSA) is 74.8 Å². The van der Waals surface area contributed by atoms with Gasteiger partial charge in [-0.1, -0.05) is 20.8 Å². The second-order valence-electron chi connectivity index (χ2n) is 5.48. The minimum absolute atomic E-state index is 0.0546. The van der Waals surface area contributed by atoms with Gasteiger partial charge in [-0.15, -0.1) is 0 Å². The third-order valence-corrected chi connectivity index (χ3v) is 2.57. The van der Waals surface area contributed by atoms with Crippen LogP contribution >= 0.6 is 0 Å². The molecule has 0 aromatic heterocycles. The zero-order valence-electron chi connectivity index (χ0n) is 13.5. The molecular formula is C14H30N4O2. The summed E-state index contributed by atoms with van der Waals surface area (Å²) in [7, 11) is 1.73. The number of carbonyl (C=O) groups is 1. The summed E-state index contributed by atoms with van der Waals surface area (Å²) in [5.74, 6) is 0.797. The van der Waals surface area contributed by atoms with Crippen molar-refractivity contribution in [3.63, 3.8) is 0 Å². The smallest absolute Gasteiger partial charge is 0.225 e. The molecule has 0 radical (unpaired) electrons. The van der Waals surface area contributed by atoms with Crippen molar-refractivity contribution in [3.8, 4) is 0 Å². The van der Waals surface area contributed by atoms with E-state index in [0.717, 1.165) is 32.1 Å². The number of hydrogen-bond donors (Lipinski definition) is 3. The molecular weight excluding hydrogens is 256 g/mol. The van der Waals surface area contributed by atoms with E-state index >= 15 is 0 Å². The molecule has 20 heavy (non-hydrogen) atoms. The molecule has 1 amide bonds. The van der Waals surface area contributed by atoms with Gasteiger partial charge in [-0.05, 0) is 13.3 Å². The van der Waals surface area contributed by atoms with Crippen LogP contribution in [-0.4, -0.2) is 51.8 Å². The van der Waals surface area contributed by atoms with Crippen LogP contribution in [0, 0.1) is 5.41 Å². The molecule has 6 heteroatoms. The number of carbonyl (C=O) groups excluding carboxylic acids is 1. The van der Waals surface area contributed by atoms with Crippen LogP contribution in [0.5, 0.6) is 0 Å². The van der Waals surface area contributed by atoms with Gasteiger partial charge in [0.15, 0.2) is 5.96 Å². The van der Waals surface area contributed by atoms with Crippen molar-refractivity contribution < 1.29 is 9.53 Å². The van der Waals surface area contributed by atoms with E-state index in [0.29, 0.717) is 13.1 Å². The van der Waals surface area contributed by atoms with Crippen LogP contribution in [0.2, 0.25) is 0 Å². The zero-order chi connectivity index (χ0) is 15.4. The summed E-state index contributed by atoms with van der Waals surface area (Å²) in [6.45, 7) is 11.2. The van der Waals surface area contributed by atoms with E-state index in [2.05, 4.69) is 20.9 Å². The molecule has 0 rings (SSSR count). The Labute approximate surface area is 122 Å². The van der Waals surface area contributed by atoms with Gasteiger partial charge in [-0.2, -0.15) is 0 Å². The maximum atomic E-state index is 11.7. The van der Waals surface area contributed by atoms with Crippen molar-refractivity contribution in [2.24, 2.45) is 10.4 Å². The number of nitrogens with zero attached hydrogens (tertiary/aromatic N) is 1. The van der Waals surface area contributed by atoms with Crippen molar-refractivity contribution >= 4 is 11.9 Å². The highest BCUT2D eigenvalue weighted by atomic mass is 16.5. The SMILES string of the molecule is CCOCCCNC(=NC)NCCNC(=O)C(C)(C)C. The van der Waals surface area contributed by atoms with E-state index < -0.39 is 0 Å². The summed E-state index contributed by atoms with van der Waals surface area (Å²) in [5, 5.41) is 9.23. The number of hydrogen-bond acceptors (Lipinski definition) is 3. The van der Waals surface area contributed by atoms with Crippen LogP contribution in [0.1, 0.15) is 34.1 Å².